The molecule has 3 atom stereocenters. The summed E-state index contributed by atoms with van der Waals surface area (Å²) in [7, 11) is 0. The third-order valence-electron chi connectivity index (χ3n) is 3.58. The molecule has 1 saturated carbocycles. The first-order valence-corrected chi connectivity index (χ1v) is 6.91. The number of nitriles is 1. The van der Waals surface area contributed by atoms with Gasteiger partial charge in [-0.05, 0) is 47.8 Å². The van der Waals surface area contributed by atoms with E-state index in [1.54, 1.807) is 0 Å². The molecule has 2 rings (SSSR count). The monoisotopic (exact) mass is 329 g/mol. The second-order valence-electron chi connectivity index (χ2n) is 4.53. The van der Waals surface area contributed by atoms with Crippen LogP contribution in [0.5, 0.6) is 0 Å². The van der Waals surface area contributed by atoms with Gasteiger partial charge in [0.2, 0.25) is 0 Å². The van der Waals surface area contributed by atoms with Gasteiger partial charge >= 0.3 is 0 Å². The zero-order valence-electron chi connectivity index (χ0n) is 9.43. The van der Waals surface area contributed by atoms with Crippen molar-refractivity contribution in [1.82, 2.24) is 9.78 Å². The fourth-order valence-corrected chi connectivity index (χ4v) is 2.95. The van der Waals surface area contributed by atoms with Crippen molar-refractivity contribution >= 4 is 22.6 Å². The van der Waals surface area contributed by atoms with Gasteiger partial charge in [-0.25, -0.2) is 0 Å². The zero-order chi connectivity index (χ0) is 11.5. The van der Waals surface area contributed by atoms with Gasteiger partial charge in [-0.3, -0.25) is 4.68 Å². The third-order valence-corrected chi connectivity index (χ3v) is 4.14. The van der Waals surface area contributed by atoms with E-state index in [1.807, 2.05) is 17.1 Å². The van der Waals surface area contributed by atoms with E-state index in [9.17, 15) is 5.26 Å². The summed E-state index contributed by atoms with van der Waals surface area (Å²) >= 11 is 2.26. The minimum atomic E-state index is 0.137. The number of rotatable bonds is 2. The molecule has 0 radical (unpaired) electrons. The molecule has 0 saturated heterocycles. The van der Waals surface area contributed by atoms with Crippen LogP contribution in [0.4, 0.5) is 0 Å². The Hall–Kier alpha value is -0.570. The number of nitrogens with zero attached hydrogens (tertiary/aromatic N) is 3. The first kappa shape index (κ1) is 11.9. The van der Waals surface area contributed by atoms with E-state index in [2.05, 4.69) is 40.7 Å². The second kappa shape index (κ2) is 5.17. The molecular formula is C12H16IN3. The molecule has 16 heavy (non-hydrogen) atoms. The van der Waals surface area contributed by atoms with Crippen LogP contribution in [-0.4, -0.2) is 9.78 Å². The molecule has 0 aliphatic heterocycles. The van der Waals surface area contributed by atoms with Crippen molar-refractivity contribution < 1.29 is 0 Å². The van der Waals surface area contributed by atoms with Crippen molar-refractivity contribution in [3.63, 3.8) is 0 Å². The van der Waals surface area contributed by atoms with Gasteiger partial charge in [0.15, 0.2) is 0 Å². The minimum Gasteiger partial charge on any atom is -0.267 e. The van der Waals surface area contributed by atoms with Crippen LogP contribution in [0, 0.1) is 26.7 Å². The fourth-order valence-electron chi connectivity index (χ4n) is 2.54. The summed E-state index contributed by atoms with van der Waals surface area (Å²) in [6.07, 6.45) is 8.46. The molecule has 3 nitrogen and oxygen atoms in total. The summed E-state index contributed by atoms with van der Waals surface area (Å²) in [6.45, 7) is 2.24. The van der Waals surface area contributed by atoms with Crippen LogP contribution in [0.2, 0.25) is 0 Å². The van der Waals surface area contributed by atoms with Crippen molar-refractivity contribution in [3.8, 4) is 6.07 Å². The predicted molar refractivity (Wildman–Crippen MR) is 70.7 cm³/mol. The van der Waals surface area contributed by atoms with Crippen molar-refractivity contribution in [3.05, 3.63) is 16.0 Å². The maximum atomic E-state index is 9.20. The van der Waals surface area contributed by atoms with E-state index in [1.165, 1.54) is 12.8 Å². The largest absolute Gasteiger partial charge is 0.267 e. The Morgan fingerprint density at radius 2 is 2.44 bits per heavy atom. The molecule has 1 aromatic rings. The molecule has 86 valence electrons. The quantitative estimate of drug-likeness (QED) is 0.781. The first-order valence-electron chi connectivity index (χ1n) is 5.83. The number of hydrogen-bond acceptors (Lipinski definition) is 2. The van der Waals surface area contributed by atoms with Crippen LogP contribution in [-0.2, 0) is 0 Å². The van der Waals surface area contributed by atoms with E-state index in [-0.39, 0.29) is 12.0 Å². The number of halogens is 1. The van der Waals surface area contributed by atoms with Crippen LogP contribution in [0.25, 0.3) is 0 Å². The summed E-state index contributed by atoms with van der Waals surface area (Å²) < 4.78 is 3.14. The van der Waals surface area contributed by atoms with Gasteiger partial charge in [-0.15, -0.1) is 0 Å². The molecule has 1 aromatic heterocycles. The maximum absolute atomic E-state index is 9.20. The smallest absolute Gasteiger partial charge is 0.0688 e. The molecule has 0 spiro atoms. The highest BCUT2D eigenvalue weighted by atomic mass is 127. The van der Waals surface area contributed by atoms with Crippen molar-refractivity contribution in [1.29, 1.82) is 5.26 Å². The molecular weight excluding hydrogens is 313 g/mol. The zero-order valence-corrected chi connectivity index (χ0v) is 11.6. The van der Waals surface area contributed by atoms with Crippen LogP contribution in [0.1, 0.15) is 38.6 Å². The molecule has 0 N–H and O–H groups in total. The average molecular weight is 329 g/mol. The van der Waals surface area contributed by atoms with Gasteiger partial charge < -0.3 is 0 Å². The van der Waals surface area contributed by atoms with Crippen molar-refractivity contribution in [2.24, 2.45) is 11.8 Å². The summed E-state index contributed by atoms with van der Waals surface area (Å²) in [6, 6.07) is 2.73. The average Bonchev–Trinajstić information content (AvgIpc) is 2.75. The standard InChI is InChI=1S/C12H16IN3/c1-2-9-3-4-10(6-14)12(5-9)16-8-11(13)7-15-16/h7-10,12H,2-5H2,1H3. The Morgan fingerprint density at radius 1 is 1.62 bits per heavy atom. The van der Waals surface area contributed by atoms with E-state index in [4.69, 9.17) is 0 Å². The second-order valence-corrected chi connectivity index (χ2v) is 5.77. The van der Waals surface area contributed by atoms with Gasteiger partial charge in [0.1, 0.15) is 0 Å². The Labute approximate surface area is 110 Å². The van der Waals surface area contributed by atoms with Crippen LogP contribution >= 0.6 is 22.6 Å². The maximum Gasteiger partial charge on any atom is 0.0688 e. The van der Waals surface area contributed by atoms with Crippen LogP contribution < -0.4 is 0 Å². The van der Waals surface area contributed by atoms with Crippen molar-refractivity contribution in [2.45, 2.75) is 38.6 Å². The fraction of sp³-hybridized carbons (Fsp3) is 0.667. The normalized spacial score (nSPS) is 29.9. The van der Waals surface area contributed by atoms with Gasteiger partial charge in [0, 0.05) is 6.20 Å². The van der Waals surface area contributed by atoms with Crippen LogP contribution in [0.15, 0.2) is 12.4 Å². The molecule has 0 bridgehead atoms. The molecule has 0 aromatic carbocycles. The highest BCUT2D eigenvalue weighted by molar-refractivity contribution is 14.1. The molecule has 0 amide bonds. The SMILES string of the molecule is CCC1CCC(C#N)C(n2cc(I)cn2)C1. The number of aromatic nitrogens is 2. The first-order chi connectivity index (χ1) is 7.74. The van der Waals surface area contributed by atoms with Gasteiger partial charge in [0.25, 0.3) is 0 Å². The van der Waals surface area contributed by atoms with E-state index >= 15 is 0 Å². The Bertz CT molecular complexity index is 393. The third kappa shape index (κ3) is 2.40. The molecule has 4 heteroatoms. The van der Waals surface area contributed by atoms with Gasteiger partial charge in [-0.2, -0.15) is 10.4 Å². The summed E-state index contributed by atoms with van der Waals surface area (Å²) in [5, 5.41) is 13.6. The van der Waals surface area contributed by atoms with Gasteiger partial charge in [0.05, 0.1) is 27.8 Å². The molecule has 1 fully saturated rings. The molecule has 1 heterocycles. The number of hydrogen-bond donors (Lipinski definition) is 0. The van der Waals surface area contributed by atoms with Crippen molar-refractivity contribution in [2.75, 3.05) is 0 Å². The predicted octanol–water partition coefficient (Wildman–Crippen LogP) is 3.38. The minimum absolute atomic E-state index is 0.137. The van der Waals surface area contributed by atoms with E-state index in [0.29, 0.717) is 0 Å². The Morgan fingerprint density at radius 3 is 3.00 bits per heavy atom. The summed E-state index contributed by atoms with van der Waals surface area (Å²) in [5.41, 5.74) is 0. The van der Waals surface area contributed by atoms with Gasteiger partial charge in [-0.1, -0.05) is 13.3 Å². The topological polar surface area (TPSA) is 41.6 Å². The van der Waals surface area contributed by atoms with E-state index in [0.717, 1.165) is 22.3 Å². The lowest BCUT2D eigenvalue weighted by molar-refractivity contribution is 0.203. The Balaban J connectivity index is 2.18. The lowest BCUT2D eigenvalue weighted by Crippen LogP contribution is -2.27. The van der Waals surface area contributed by atoms with Crippen LogP contribution in [0.3, 0.4) is 0 Å². The highest BCUT2D eigenvalue weighted by Gasteiger charge is 2.31. The lowest BCUT2D eigenvalue weighted by atomic mass is 9.78. The molecule has 1 aliphatic rings. The van der Waals surface area contributed by atoms with E-state index < -0.39 is 0 Å². The molecule has 3 unspecified atom stereocenters. The lowest BCUT2D eigenvalue weighted by Gasteiger charge is -2.32. The Kier molecular flexibility index (Phi) is 3.85. The molecule has 1 aliphatic carbocycles. The highest BCUT2D eigenvalue weighted by Crippen LogP contribution is 2.38. The summed E-state index contributed by atoms with van der Waals surface area (Å²) in [4.78, 5) is 0. The summed E-state index contributed by atoms with van der Waals surface area (Å²) in [5.74, 6) is 0.898.